The first-order valence-electron chi connectivity index (χ1n) is 11.1. The molecule has 3 aliphatic rings. The van der Waals surface area contributed by atoms with Crippen LogP contribution in [0.15, 0.2) is 42.6 Å². The quantitative estimate of drug-likeness (QED) is 0.321. The number of benzene rings is 2. The van der Waals surface area contributed by atoms with Crippen molar-refractivity contribution in [3.63, 3.8) is 0 Å². The number of para-hydroxylation sites is 1. The van der Waals surface area contributed by atoms with E-state index in [1.165, 1.54) is 89.9 Å². The summed E-state index contributed by atoms with van der Waals surface area (Å²) in [5.41, 5.74) is 7.75. The minimum Gasteiger partial charge on any atom is -0.295 e. The maximum Gasteiger partial charge on any atom is 0.145 e. The Kier molecular flexibility index (Phi) is 2.76. The summed E-state index contributed by atoms with van der Waals surface area (Å²) >= 11 is 0. The molecule has 2 aromatic carbocycles. The van der Waals surface area contributed by atoms with Gasteiger partial charge in [0.15, 0.2) is 0 Å². The van der Waals surface area contributed by atoms with Crippen LogP contribution in [0.25, 0.3) is 27.3 Å². The van der Waals surface area contributed by atoms with Gasteiger partial charge in [0.05, 0.1) is 11.2 Å². The van der Waals surface area contributed by atoms with Gasteiger partial charge in [-0.1, -0.05) is 62.1 Å². The van der Waals surface area contributed by atoms with Gasteiger partial charge in [-0.2, -0.15) is 0 Å². The van der Waals surface area contributed by atoms with Gasteiger partial charge in [-0.15, -0.1) is 0 Å². The van der Waals surface area contributed by atoms with Crippen molar-refractivity contribution in [2.45, 2.75) is 69.1 Å². The van der Waals surface area contributed by atoms with Gasteiger partial charge >= 0.3 is 0 Å². The van der Waals surface area contributed by atoms with Crippen molar-refractivity contribution < 1.29 is 0 Å². The van der Waals surface area contributed by atoms with Gasteiger partial charge in [-0.25, -0.2) is 4.98 Å². The summed E-state index contributed by atoms with van der Waals surface area (Å²) < 4.78 is 2.59. The van der Waals surface area contributed by atoms with E-state index in [1.807, 2.05) is 0 Å². The highest BCUT2D eigenvalue weighted by Gasteiger charge is 2.59. The molecule has 0 atom stereocenters. The van der Waals surface area contributed by atoms with E-state index in [1.54, 1.807) is 5.56 Å². The molecule has 0 N–H and O–H groups in total. The van der Waals surface area contributed by atoms with Gasteiger partial charge in [-0.3, -0.25) is 4.40 Å². The first kappa shape index (κ1) is 15.6. The molecule has 4 aromatic rings. The summed E-state index contributed by atoms with van der Waals surface area (Å²) in [6.45, 7) is 2.24. The molecule has 3 heterocycles. The molecule has 2 heteroatoms. The molecular weight excluding hydrogens is 340 g/mol. The van der Waals surface area contributed by atoms with E-state index in [9.17, 15) is 0 Å². The third-order valence-corrected chi connectivity index (χ3v) is 8.64. The number of imidazole rings is 1. The van der Waals surface area contributed by atoms with E-state index >= 15 is 0 Å². The summed E-state index contributed by atoms with van der Waals surface area (Å²) in [4.78, 5) is 5.10. The first-order valence-corrected chi connectivity index (χ1v) is 11.1. The Bertz CT molecular complexity index is 1280. The van der Waals surface area contributed by atoms with Gasteiger partial charge in [-0.05, 0) is 49.1 Å². The van der Waals surface area contributed by atoms with Crippen molar-refractivity contribution in [3.05, 3.63) is 59.4 Å². The molecule has 0 amide bonds. The smallest absolute Gasteiger partial charge is 0.145 e. The Morgan fingerprint density at radius 1 is 0.821 bits per heavy atom. The highest BCUT2D eigenvalue weighted by molar-refractivity contribution is 6.14. The number of hydrogen-bond acceptors (Lipinski definition) is 1. The number of pyridine rings is 1. The lowest BCUT2D eigenvalue weighted by atomic mass is 9.46. The zero-order valence-electron chi connectivity index (χ0n) is 16.6. The summed E-state index contributed by atoms with van der Waals surface area (Å²) in [6.07, 6.45) is 13.1. The van der Waals surface area contributed by atoms with E-state index in [0.29, 0.717) is 10.8 Å². The van der Waals surface area contributed by atoms with E-state index in [4.69, 9.17) is 4.98 Å². The summed E-state index contributed by atoms with van der Waals surface area (Å²) in [6, 6.07) is 13.9. The lowest BCUT2D eigenvalue weighted by Crippen LogP contribution is -2.55. The van der Waals surface area contributed by atoms with Gasteiger partial charge in [0.2, 0.25) is 0 Å². The third kappa shape index (κ3) is 1.51. The molecule has 2 aromatic heterocycles. The molecule has 0 unspecified atom stereocenters. The Morgan fingerprint density at radius 3 is 2.29 bits per heavy atom. The number of aromatic nitrogens is 2. The highest BCUT2D eigenvalue weighted by Crippen LogP contribution is 2.64. The standard InChI is InChI=1S/C26H26N2/c1-17-8-6-9-18-19-10-7-11-20-23(19)28-21(16-27-24(28)22(17)18)26-14-4-2-12-25(20,26)13-3-5-15-26/h6-11,16H,2-5,12-15H2,1H3. The fourth-order valence-electron chi connectivity index (χ4n) is 7.61. The molecule has 2 aliphatic carbocycles. The molecule has 0 spiro atoms. The molecule has 0 saturated heterocycles. The van der Waals surface area contributed by atoms with Crippen LogP contribution in [0.4, 0.5) is 0 Å². The van der Waals surface area contributed by atoms with Gasteiger partial charge in [0.25, 0.3) is 0 Å². The van der Waals surface area contributed by atoms with Crippen LogP contribution in [0, 0.1) is 6.92 Å². The maximum absolute atomic E-state index is 5.10. The van der Waals surface area contributed by atoms with Crippen molar-refractivity contribution >= 4 is 27.3 Å². The molecule has 2 nitrogen and oxygen atoms in total. The van der Waals surface area contributed by atoms with E-state index in [0.717, 1.165) is 0 Å². The molecule has 2 saturated carbocycles. The topological polar surface area (TPSA) is 17.3 Å². The van der Waals surface area contributed by atoms with Crippen molar-refractivity contribution in [2.75, 3.05) is 0 Å². The number of rotatable bonds is 0. The average Bonchev–Trinajstić information content (AvgIpc) is 3.19. The second-order valence-corrected chi connectivity index (χ2v) is 9.58. The summed E-state index contributed by atoms with van der Waals surface area (Å²) in [5, 5.41) is 4.13. The Hall–Kier alpha value is -2.35. The highest BCUT2D eigenvalue weighted by atomic mass is 15.0. The molecule has 140 valence electrons. The average molecular weight is 367 g/mol. The monoisotopic (exact) mass is 366 g/mol. The summed E-state index contributed by atoms with van der Waals surface area (Å²) in [5.74, 6) is 0. The van der Waals surface area contributed by atoms with Gasteiger partial charge in [0.1, 0.15) is 5.65 Å². The second kappa shape index (κ2) is 4.97. The van der Waals surface area contributed by atoms with Crippen LogP contribution in [-0.2, 0) is 10.8 Å². The van der Waals surface area contributed by atoms with Crippen LogP contribution >= 0.6 is 0 Å². The lowest BCUT2D eigenvalue weighted by Gasteiger charge is -2.59. The van der Waals surface area contributed by atoms with Crippen LogP contribution in [0.2, 0.25) is 0 Å². The molecule has 1 aliphatic heterocycles. The fourth-order valence-corrected chi connectivity index (χ4v) is 7.61. The van der Waals surface area contributed by atoms with Crippen LogP contribution < -0.4 is 0 Å². The lowest BCUT2D eigenvalue weighted by molar-refractivity contribution is 0.0741. The predicted molar refractivity (Wildman–Crippen MR) is 115 cm³/mol. The minimum absolute atomic E-state index is 0.292. The molecular formula is C26H26N2. The Morgan fingerprint density at radius 2 is 1.50 bits per heavy atom. The van der Waals surface area contributed by atoms with Crippen LogP contribution in [0.1, 0.15) is 68.2 Å². The summed E-state index contributed by atoms with van der Waals surface area (Å²) in [7, 11) is 0. The maximum atomic E-state index is 5.10. The second-order valence-electron chi connectivity index (χ2n) is 9.58. The normalized spacial score (nSPS) is 28.8. The molecule has 0 bridgehead atoms. The van der Waals surface area contributed by atoms with E-state index in [-0.39, 0.29) is 0 Å². The molecule has 2 fully saturated rings. The van der Waals surface area contributed by atoms with Crippen LogP contribution in [0.3, 0.4) is 0 Å². The minimum atomic E-state index is 0.292. The largest absolute Gasteiger partial charge is 0.295 e. The fraction of sp³-hybridized carbons (Fsp3) is 0.423. The Balaban J connectivity index is 1.80. The van der Waals surface area contributed by atoms with Crippen molar-refractivity contribution in [3.8, 4) is 0 Å². The van der Waals surface area contributed by atoms with Crippen molar-refractivity contribution in [1.82, 2.24) is 9.38 Å². The Labute approximate surface area is 165 Å². The van der Waals surface area contributed by atoms with Crippen molar-refractivity contribution in [2.24, 2.45) is 0 Å². The molecule has 7 rings (SSSR count). The van der Waals surface area contributed by atoms with Crippen LogP contribution in [0.5, 0.6) is 0 Å². The third-order valence-electron chi connectivity index (χ3n) is 8.64. The van der Waals surface area contributed by atoms with E-state index < -0.39 is 0 Å². The zero-order chi connectivity index (χ0) is 18.5. The van der Waals surface area contributed by atoms with Gasteiger partial charge in [0, 0.05) is 27.8 Å². The molecule has 0 radical (unpaired) electrons. The zero-order valence-corrected chi connectivity index (χ0v) is 16.6. The first-order chi connectivity index (χ1) is 13.8. The van der Waals surface area contributed by atoms with Crippen LogP contribution in [-0.4, -0.2) is 9.38 Å². The number of hydrogen-bond donors (Lipinski definition) is 0. The molecule has 28 heavy (non-hydrogen) atoms. The number of fused-ring (bicyclic) bond motifs is 3. The number of aryl methyl sites for hydroxylation is 1. The number of nitrogens with zero attached hydrogens (tertiary/aromatic N) is 2. The van der Waals surface area contributed by atoms with E-state index in [2.05, 4.69) is 53.9 Å². The predicted octanol–water partition coefficient (Wildman–Crippen LogP) is 6.59. The van der Waals surface area contributed by atoms with Gasteiger partial charge < -0.3 is 0 Å². The van der Waals surface area contributed by atoms with Crippen molar-refractivity contribution in [1.29, 1.82) is 0 Å². The SMILES string of the molecule is Cc1cccc2c3cccc4c3n3c(cnc3c12)C12CCCCC41CCCC2.